The van der Waals surface area contributed by atoms with Crippen LogP contribution in [0.1, 0.15) is 48.3 Å². The summed E-state index contributed by atoms with van der Waals surface area (Å²) in [5.74, 6) is -0.153. The zero-order chi connectivity index (χ0) is 17.1. The van der Waals surface area contributed by atoms with E-state index in [1.54, 1.807) is 0 Å². The number of carbonyl (C=O) groups is 1. The van der Waals surface area contributed by atoms with Crippen LogP contribution >= 0.6 is 0 Å². The summed E-state index contributed by atoms with van der Waals surface area (Å²) in [6.07, 6.45) is 3.54. The lowest BCUT2D eigenvalue weighted by Gasteiger charge is -2.22. The van der Waals surface area contributed by atoms with Crippen LogP contribution in [-0.2, 0) is 20.8 Å². The van der Waals surface area contributed by atoms with Gasteiger partial charge in [0.15, 0.2) is 11.9 Å². The fourth-order valence-corrected chi connectivity index (χ4v) is 3.03. The van der Waals surface area contributed by atoms with E-state index in [1.807, 2.05) is 31.4 Å². The van der Waals surface area contributed by atoms with Crippen molar-refractivity contribution in [2.75, 3.05) is 6.61 Å². The number of amides is 1. The summed E-state index contributed by atoms with van der Waals surface area (Å²) < 4.78 is 7.26. The van der Waals surface area contributed by atoms with Crippen molar-refractivity contribution in [3.8, 4) is 0 Å². The van der Waals surface area contributed by atoms with Gasteiger partial charge >= 0.3 is 0 Å². The number of hydrogen-bond donors (Lipinski definition) is 1. The predicted octanol–water partition coefficient (Wildman–Crippen LogP) is 2.16. The number of aromatic nitrogens is 3. The highest BCUT2D eigenvalue weighted by atomic mass is 16.8. The highest BCUT2D eigenvalue weighted by Gasteiger charge is 2.17. The quantitative estimate of drug-likeness (QED) is 0.849. The SMILES string of the molecule is Cc1cc2nc(C)c(CCC(=O)NO[C@@H]3CCCCO3)c(C)n2n1. The van der Waals surface area contributed by atoms with Crippen LogP contribution < -0.4 is 5.48 Å². The molecular formula is C17H24N4O3. The number of nitrogens with zero attached hydrogens (tertiary/aromatic N) is 3. The lowest BCUT2D eigenvalue weighted by atomic mass is 10.1. The van der Waals surface area contributed by atoms with E-state index in [1.165, 1.54) is 0 Å². The first-order valence-electron chi connectivity index (χ1n) is 8.43. The van der Waals surface area contributed by atoms with Gasteiger partial charge in [-0.3, -0.25) is 4.79 Å². The fourth-order valence-electron chi connectivity index (χ4n) is 3.03. The van der Waals surface area contributed by atoms with Gasteiger partial charge in [-0.2, -0.15) is 5.10 Å². The van der Waals surface area contributed by atoms with Crippen molar-refractivity contribution in [3.63, 3.8) is 0 Å². The zero-order valence-corrected chi connectivity index (χ0v) is 14.5. The summed E-state index contributed by atoms with van der Waals surface area (Å²) >= 11 is 0. The summed E-state index contributed by atoms with van der Waals surface area (Å²) in [6.45, 7) is 6.61. The van der Waals surface area contributed by atoms with E-state index >= 15 is 0 Å². The highest BCUT2D eigenvalue weighted by Crippen LogP contribution is 2.17. The maximum atomic E-state index is 12.0. The second-order valence-electron chi connectivity index (χ2n) is 6.26. The summed E-state index contributed by atoms with van der Waals surface area (Å²) in [4.78, 5) is 21.9. The molecule has 1 saturated heterocycles. The van der Waals surface area contributed by atoms with Gasteiger partial charge in [0.25, 0.3) is 0 Å². The molecule has 1 N–H and O–H groups in total. The molecule has 7 nitrogen and oxygen atoms in total. The molecular weight excluding hydrogens is 308 g/mol. The molecule has 0 spiro atoms. The van der Waals surface area contributed by atoms with Crippen LogP contribution in [0.15, 0.2) is 6.07 Å². The maximum Gasteiger partial charge on any atom is 0.243 e. The lowest BCUT2D eigenvalue weighted by Crippen LogP contribution is -2.33. The van der Waals surface area contributed by atoms with Gasteiger partial charge in [-0.15, -0.1) is 0 Å². The second kappa shape index (κ2) is 7.27. The number of hydrogen-bond acceptors (Lipinski definition) is 5. The Morgan fingerprint density at radius 3 is 3.00 bits per heavy atom. The van der Waals surface area contributed by atoms with Gasteiger partial charge in [-0.25, -0.2) is 19.8 Å². The Morgan fingerprint density at radius 1 is 1.42 bits per heavy atom. The van der Waals surface area contributed by atoms with Crippen LogP contribution in [0, 0.1) is 20.8 Å². The van der Waals surface area contributed by atoms with Crippen molar-refractivity contribution in [2.45, 2.75) is 59.2 Å². The van der Waals surface area contributed by atoms with Crippen LogP contribution in [0.25, 0.3) is 5.65 Å². The molecule has 7 heteroatoms. The molecule has 1 fully saturated rings. The first-order chi connectivity index (χ1) is 11.5. The average molecular weight is 332 g/mol. The Labute approximate surface area is 141 Å². The van der Waals surface area contributed by atoms with E-state index in [0.29, 0.717) is 19.4 Å². The van der Waals surface area contributed by atoms with E-state index < -0.39 is 0 Å². The molecule has 0 aliphatic carbocycles. The molecule has 1 amide bonds. The minimum atomic E-state index is -0.323. The van der Waals surface area contributed by atoms with Gasteiger partial charge in [0, 0.05) is 36.9 Å². The number of ether oxygens (including phenoxy) is 1. The molecule has 1 aliphatic heterocycles. The predicted molar refractivity (Wildman–Crippen MR) is 88.3 cm³/mol. The standard InChI is InChI=1S/C17H24N4O3/c1-11-10-15-18-12(2)14(13(3)21(15)19-11)7-8-16(22)20-24-17-6-4-5-9-23-17/h10,17H,4-9H2,1-3H3,(H,20,22)/t17-/m1/s1. The van der Waals surface area contributed by atoms with Crippen molar-refractivity contribution in [2.24, 2.45) is 0 Å². The third-order valence-corrected chi connectivity index (χ3v) is 4.33. The Morgan fingerprint density at radius 2 is 2.25 bits per heavy atom. The van der Waals surface area contributed by atoms with Crippen LogP contribution in [0.4, 0.5) is 0 Å². The normalized spacial score (nSPS) is 18.0. The molecule has 3 heterocycles. The number of nitrogens with one attached hydrogen (secondary N) is 1. The molecule has 0 saturated carbocycles. The molecule has 1 atom stereocenters. The van der Waals surface area contributed by atoms with E-state index in [2.05, 4.69) is 15.6 Å². The molecule has 24 heavy (non-hydrogen) atoms. The molecule has 3 rings (SSSR count). The maximum absolute atomic E-state index is 12.0. The van der Waals surface area contributed by atoms with Crippen LogP contribution in [0.2, 0.25) is 0 Å². The minimum Gasteiger partial charge on any atom is -0.350 e. The Kier molecular flexibility index (Phi) is 5.11. The minimum absolute atomic E-state index is 0.153. The first kappa shape index (κ1) is 16.9. The third-order valence-electron chi connectivity index (χ3n) is 4.33. The summed E-state index contributed by atoms with van der Waals surface area (Å²) in [7, 11) is 0. The van der Waals surface area contributed by atoms with Crippen molar-refractivity contribution in [1.29, 1.82) is 0 Å². The monoisotopic (exact) mass is 332 g/mol. The number of rotatable bonds is 5. The summed E-state index contributed by atoms with van der Waals surface area (Å²) in [5.41, 5.74) is 7.28. The molecule has 0 bridgehead atoms. The van der Waals surface area contributed by atoms with E-state index in [9.17, 15) is 4.79 Å². The zero-order valence-electron chi connectivity index (χ0n) is 14.5. The molecule has 0 unspecified atom stereocenters. The molecule has 1 aliphatic rings. The number of fused-ring (bicyclic) bond motifs is 1. The largest absolute Gasteiger partial charge is 0.350 e. The second-order valence-corrected chi connectivity index (χ2v) is 6.26. The van der Waals surface area contributed by atoms with Crippen LogP contribution in [-0.4, -0.2) is 33.4 Å². The average Bonchev–Trinajstić information content (AvgIpc) is 2.94. The summed E-state index contributed by atoms with van der Waals surface area (Å²) in [5, 5.41) is 4.45. The lowest BCUT2D eigenvalue weighted by molar-refractivity contribution is -0.200. The smallest absolute Gasteiger partial charge is 0.243 e. The highest BCUT2D eigenvalue weighted by molar-refractivity contribution is 5.75. The van der Waals surface area contributed by atoms with Gasteiger partial charge in [-0.05, 0) is 45.6 Å². The molecule has 130 valence electrons. The Hall–Kier alpha value is -1.99. The summed E-state index contributed by atoms with van der Waals surface area (Å²) in [6, 6.07) is 1.95. The van der Waals surface area contributed by atoms with Crippen LogP contribution in [0.3, 0.4) is 0 Å². The van der Waals surface area contributed by atoms with Crippen molar-refractivity contribution >= 4 is 11.6 Å². The topological polar surface area (TPSA) is 77.8 Å². The van der Waals surface area contributed by atoms with Crippen molar-refractivity contribution in [3.05, 3.63) is 28.7 Å². The van der Waals surface area contributed by atoms with Crippen molar-refractivity contribution in [1.82, 2.24) is 20.1 Å². The number of hydroxylamine groups is 1. The van der Waals surface area contributed by atoms with Gasteiger partial charge in [0.1, 0.15) is 0 Å². The van der Waals surface area contributed by atoms with Crippen molar-refractivity contribution < 1.29 is 14.4 Å². The Bertz CT molecular complexity index is 735. The first-order valence-corrected chi connectivity index (χ1v) is 8.43. The fraction of sp³-hybridized carbons (Fsp3) is 0.588. The van der Waals surface area contributed by atoms with E-state index in [-0.39, 0.29) is 12.2 Å². The Balaban J connectivity index is 1.59. The molecule has 0 aromatic carbocycles. The van der Waals surface area contributed by atoms with E-state index in [0.717, 1.165) is 47.6 Å². The molecule has 0 radical (unpaired) electrons. The molecule has 2 aromatic heterocycles. The third kappa shape index (κ3) is 3.73. The molecule has 2 aromatic rings. The van der Waals surface area contributed by atoms with Gasteiger partial charge < -0.3 is 4.74 Å². The van der Waals surface area contributed by atoms with Gasteiger partial charge in [0.2, 0.25) is 5.91 Å². The van der Waals surface area contributed by atoms with Crippen LogP contribution in [0.5, 0.6) is 0 Å². The van der Waals surface area contributed by atoms with Gasteiger partial charge in [-0.1, -0.05) is 0 Å². The number of aryl methyl sites for hydroxylation is 3. The van der Waals surface area contributed by atoms with E-state index in [4.69, 9.17) is 9.57 Å². The number of carbonyl (C=O) groups excluding carboxylic acids is 1. The van der Waals surface area contributed by atoms with Gasteiger partial charge in [0.05, 0.1) is 5.69 Å².